The van der Waals surface area contributed by atoms with Crippen molar-refractivity contribution in [3.8, 4) is 0 Å². The SMILES string of the molecule is [CH2]CCCCCCCCCCCCCCCCCCNc1ccc(C)cc1. The first-order valence-electron chi connectivity index (χ1n) is 11.9. The fraction of sp³-hybridized carbons (Fsp3) is 0.731. The Bertz CT molecular complexity index is 409. The summed E-state index contributed by atoms with van der Waals surface area (Å²) in [4.78, 5) is 0. The highest BCUT2D eigenvalue weighted by atomic mass is 14.9. The topological polar surface area (TPSA) is 12.0 Å². The van der Waals surface area contributed by atoms with E-state index in [1.165, 1.54) is 114 Å². The predicted molar refractivity (Wildman–Crippen MR) is 124 cm³/mol. The molecule has 0 aliphatic rings. The molecule has 0 bridgehead atoms. The third-order valence-corrected chi connectivity index (χ3v) is 5.56. The molecule has 0 aliphatic carbocycles. The second-order valence-corrected chi connectivity index (χ2v) is 8.30. The fourth-order valence-corrected chi connectivity index (χ4v) is 3.68. The lowest BCUT2D eigenvalue weighted by molar-refractivity contribution is 0.529. The van der Waals surface area contributed by atoms with E-state index in [0.717, 1.165) is 13.0 Å². The van der Waals surface area contributed by atoms with Crippen LogP contribution in [0.15, 0.2) is 24.3 Å². The Morgan fingerprint density at radius 2 is 0.926 bits per heavy atom. The molecule has 0 fully saturated rings. The van der Waals surface area contributed by atoms with Crippen molar-refractivity contribution in [2.45, 2.75) is 116 Å². The number of benzene rings is 1. The highest BCUT2D eigenvalue weighted by molar-refractivity contribution is 5.44. The highest BCUT2D eigenvalue weighted by Gasteiger charge is 1.95. The van der Waals surface area contributed by atoms with Gasteiger partial charge in [-0.15, -0.1) is 0 Å². The molecule has 0 saturated carbocycles. The third-order valence-electron chi connectivity index (χ3n) is 5.56. The van der Waals surface area contributed by atoms with Gasteiger partial charge >= 0.3 is 0 Å². The molecule has 0 saturated heterocycles. The van der Waals surface area contributed by atoms with Crippen LogP contribution < -0.4 is 5.32 Å². The van der Waals surface area contributed by atoms with Crippen LogP contribution in [-0.4, -0.2) is 6.54 Å². The zero-order valence-electron chi connectivity index (χ0n) is 18.2. The zero-order chi connectivity index (χ0) is 19.4. The molecular weight excluding hydrogens is 326 g/mol. The van der Waals surface area contributed by atoms with E-state index in [9.17, 15) is 0 Å². The van der Waals surface area contributed by atoms with Crippen LogP contribution in [0.25, 0.3) is 0 Å². The minimum Gasteiger partial charge on any atom is -0.385 e. The van der Waals surface area contributed by atoms with Crippen LogP contribution >= 0.6 is 0 Å². The summed E-state index contributed by atoms with van der Waals surface area (Å²) in [5.41, 5.74) is 2.59. The van der Waals surface area contributed by atoms with E-state index >= 15 is 0 Å². The lowest BCUT2D eigenvalue weighted by Crippen LogP contribution is -2.01. The predicted octanol–water partition coefficient (Wildman–Crippen LogP) is 8.87. The lowest BCUT2D eigenvalue weighted by atomic mass is 10.0. The summed E-state index contributed by atoms with van der Waals surface area (Å²) in [6, 6.07) is 8.71. The van der Waals surface area contributed by atoms with Gasteiger partial charge in [-0.25, -0.2) is 0 Å². The van der Waals surface area contributed by atoms with Gasteiger partial charge in [-0.1, -0.05) is 127 Å². The van der Waals surface area contributed by atoms with E-state index in [2.05, 4.69) is 43.4 Å². The van der Waals surface area contributed by atoms with Gasteiger partial charge in [0.15, 0.2) is 0 Å². The number of hydrogen-bond acceptors (Lipinski definition) is 1. The molecule has 1 heteroatoms. The van der Waals surface area contributed by atoms with Gasteiger partial charge in [0.25, 0.3) is 0 Å². The van der Waals surface area contributed by atoms with Crippen LogP contribution in [0, 0.1) is 13.8 Å². The third kappa shape index (κ3) is 15.7. The monoisotopic (exact) mass is 372 g/mol. The van der Waals surface area contributed by atoms with Crippen LogP contribution in [0.1, 0.15) is 115 Å². The van der Waals surface area contributed by atoms with Crippen LogP contribution in [0.2, 0.25) is 0 Å². The normalized spacial score (nSPS) is 11.0. The lowest BCUT2D eigenvalue weighted by Gasteiger charge is -2.07. The molecule has 155 valence electrons. The molecule has 1 aromatic rings. The number of unbranched alkanes of at least 4 members (excludes halogenated alkanes) is 16. The van der Waals surface area contributed by atoms with Crippen molar-refractivity contribution in [1.29, 1.82) is 0 Å². The van der Waals surface area contributed by atoms with E-state index in [0.29, 0.717) is 0 Å². The maximum Gasteiger partial charge on any atom is 0.0340 e. The van der Waals surface area contributed by atoms with Crippen molar-refractivity contribution >= 4 is 5.69 Å². The Morgan fingerprint density at radius 1 is 0.556 bits per heavy atom. The van der Waals surface area contributed by atoms with Gasteiger partial charge in [0, 0.05) is 12.2 Å². The summed E-state index contributed by atoms with van der Waals surface area (Å²) in [5.74, 6) is 0. The fourth-order valence-electron chi connectivity index (χ4n) is 3.68. The number of rotatable bonds is 19. The Hall–Kier alpha value is -0.980. The number of anilines is 1. The Morgan fingerprint density at radius 3 is 1.33 bits per heavy atom. The van der Waals surface area contributed by atoms with Crippen molar-refractivity contribution in [3.63, 3.8) is 0 Å². The van der Waals surface area contributed by atoms with Crippen molar-refractivity contribution in [2.24, 2.45) is 0 Å². The van der Waals surface area contributed by atoms with Gasteiger partial charge in [-0.3, -0.25) is 0 Å². The summed E-state index contributed by atoms with van der Waals surface area (Å²) >= 11 is 0. The van der Waals surface area contributed by atoms with Crippen LogP contribution in [0.5, 0.6) is 0 Å². The van der Waals surface area contributed by atoms with Crippen LogP contribution in [0.3, 0.4) is 0 Å². The first-order valence-corrected chi connectivity index (χ1v) is 11.9. The summed E-state index contributed by atoms with van der Waals surface area (Å²) in [7, 11) is 0. The average molecular weight is 373 g/mol. The van der Waals surface area contributed by atoms with E-state index in [1.807, 2.05) is 0 Å². The standard InChI is InChI=1S/C26H46N/c1-3-4-5-6-7-8-9-10-11-12-13-14-15-16-17-18-19-24-27-26-22-20-25(2)21-23-26/h20-23,27H,1,3-19,24H2,2H3. The quantitative estimate of drug-likeness (QED) is 0.239. The highest BCUT2D eigenvalue weighted by Crippen LogP contribution is 2.14. The smallest absolute Gasteiger partial charge is 0.0340 e. The van der Waals surface area contributed by atoms with Gasteiger partial charge in [0.05, 0.1) is 0 Å². The molecule has 1 N–H and O–H groups in total. The first kappa shape index (κ1) is 24.1. The molecule has 0 unspecified atom stereocenters. The molecule has 0 heterocycles. The van der Waals surface area contributed by atoms with Crippen molar-refractivity contribution < 1.29 is 0 Å². The summed E-state index contributed by atoms with van der Waals surface area (Å²) in [6.07, 6.45) is 23.9. The molecule has 1 radical (unpaired) electrons. The minimum atomic E-state index is 1.11. The van der Waals surface area contributed by atoms with Crippen LogP contribution in [-0.2, 0) is 0 Å². The van der Waals surface area contributed by atoms with Gasteiger partial charge in [0.2, 0.25) is 0 Å². The van der Waals surface area contributed by atoms with Gasteiger partial charge in [0.1, 0.15) is 0 Å². The maximum atomic E-state index is 3.91. The Kier molecular flexibility index (Phi) is 16.4. The molecule has 0 amide bonds. The largest absolute Gasteiger partial charge is 0.385 e. The van der Waals surface area contributed by atoms with Gasteiger partial charge in [-0.2, -0.15) is 0 Å². The molecule has 27 heavy (non-hydrogen) atoms. The number of nitrogens with one attached hydrogen (secondary N) is 1. The van der Waals surface area contributed by atoms with Crippen molar-refractivity contribution in [1.82, 2.24) is 0 Å². The minimum absolute atomic E-state index is 1.11. The first-order chi connectivity index (χ1) is 13.3. The molecule has 1 nitrogen and oxygen atoms in total. The molecule has 0 aromatic heterocycles. The summed E-state index contributed by atoms with van der Waals surface area (Å²) in [5, 5.41) is 3.52. The van der Waals surface area contributed by atoms with E-state index in [4.69, 9.17) is 0 Å². The summed E-state index contributed by atoms with van der Waals surface area (Å²) in [6.45, 7) is 7.15. The second kappa shape index (κ2) is 18.4. The van der Waals surface area contributed by atoms with E-state index in [1.54, 1.807) is 0 Å². The Balaban J connectivity index is 1.71. The zero-order valence-corrected chi connectivity index (χ0v) is 18.2. The molecular formula is C26H46N. The molecule has 0 spiro atoms. The second-order valence-electron chi connectivity index (χ2n) is 8.30. The molecule has 1 rings (SSSR count). The average Bonchev–Trinajstić information content (AvgIpc) is 2.68. The van der Waals surface area contributed by atoms with E-state index < -0.39 is 0 Å². The number of aryl methyl sites for hydroxylation is 1. The number of hydrogen-bond donors (Lipinski definition) is 1. The Labute approximate surface area is 170 Å². The van der Waals surface area contributed by atoms with Crippen molar-refractivity contribution in [3.05, 3.63) is 36.8 Å². The van der Waals surface area contributed by atoms with Crippen molar-refractivity contribution in [2.75, 3.05) is 11.9 Å². The summed E-state index contributed by atoms with van der Waals surface area (Å²) < 4.78 is 0. The van der Waals surface area contributed by atoms with Crippen LogP contribution in [0.4, 0.5) is 5.69 Å². The van der Waals surface area contributed by atoms with Gasteiger partial charge < -0.3 is 5.32 Å². The molecule has 0 aliphatic heterocycles. The molecule has 1 aromatic carbocycles. The van der Waals surface area contributed by atoms with Gasteiger partial charge in [-0.05, 0) is 25.5 Å². The van der Waals surface area contributed by atoms with E-state index in [-0.39, 0.29) is 0 Å². The maximum absolute atomic E-state index is 3.91. The molecule has 0 atom stereocenters.